The predicted molar refractivity (Wildman–Crippen MR) is 33.5 cm³/mol. The van der Waals surface area contributed by atoms with E-state index < -0.39 is 12.1 Å². The second kappa shape index (κ2) is 5.78. The summed E-state index contributed by atoms with van der Waals surface area (Å²) in [7, 11) is 0. The average Bonchev–Trinajstić information content (AvgIpc) is 1.67. The van der Waals surface area contributed by atoms with Crippen molar-refractivity contribution in [2.45, 2.75) is 12.6 Å². The Morgan fingerprint density at radius 2 is 2.22 bits per heavy atom. The first-order valence-electron chi connectivity index (χ1n) is 2.25. The summed E-state index contributed by atoms with van der Waals surface area (Å²) in [4.78, 5) is 9.66. The molecule has 0 aliphatic heterocycles. The Morgan fingerprint density at radius 3 is 2.33 bits per heavy atom. The lowest BCUT2D eigenvalue weighted by molar-refractivity contribution is -0.142. The number of carbonyl (C=O) groups is 1. The molecule has 0 saturated heterocycles. The largest absolute Gasteiger partial charge is 0.479 e. The van der Waals surface area contributed by atoms with Crippen molar-refractivity contribution in [3.05, 3.63) is 0 Å². The van der Waals surface area contributed by atoms with Gasteiger partial charge in [0.25, 0.3) is 0 Å². The number of carboxylic acids is 1. The molecule has 3 N–H and O–H groups in total. The van der Waals surface area contributed by atoms with E-state index in [0.29, 0.717) is 0 Å². The Hall–Kier alpha value is -0.350. The lowest BCUT2D eigenvalue weighted by Gasteiger charge is -1.96. The lowest BCUT2D eigenvalue weighted by atomic mass is 10.3. The van der Waals surface area contributed by atoms with Crippen LogP contribution in [0.15, 0.2) is 0 Å². The van der Waals surface area contributed by atoms with Gasteiger partial charge in [-0.1, -0.05) is 0 Å². The zero-order valence-corrected chi connectivity index (χ0v) is 5.53. The van der Waals surface area contributed by atoms with Crippen molar-refractivity contribution in [2.75, 3.05) is 6.54 Å². The van der Waals surface area contributed by atoms with Gasteiger partial charge in [0.2, 0.25) is 0 Å². The molecular weight excluding hydrogens is 148 g/mol. The highest BCUT2D eigenvalue weighted by Gasteiger charge is 2.12. The molecule has 56 valence electrons. The molecule has 5 heteroatoms. The monoisotopic (exact) mass is 157 g/mol. The van der Waals surface area contributed by atoms with Crippen LogP contribution in [0.2, 0.25) is 0 Å². The normalized spacial score (nSPS) is 11.8. The topological polar surface area (TPSA) is 63.3 Å². The smallest absolute Gasteiger partial charge is 0.338 e. The summed E-state index contributed by atoms with van der Waals surface area (Å²) in [5, 5.41) is 7.88. The Labute approximate surface area is 58.4 Å². The summed E-state index contributed by atoms with van der Waals surface area (Å²) >= 11 is 0. The third-order valence-electron chi connectivity index (χ3n) is 0.688. The number of nitrogens with two attached hydrogens (primary N) is 1. The zero-order valence-electron chi connectivity index (χ0n) is 4.71. The van der Waals surface area contributed by atoms with Gasteiger partial charge in [-0.25, -0.2) is 9.18 Å². The van der Waals surface area contributed by atoms with E-state index in [9.17, 15) is 9.18 Å². The van der Waals surface area contributed by atoms with Crippen molar-refractivity contribution < 1.29 is 14.3 Å². The molecule has 0 saturated carbocycles. The van der Waals surface area contributed by atoms with Crippen LogP contribution < -0.4 is 5.73 Å². The Morgan fingerprint density at radius 1 is 1.78 bits per heavy atom. The quantitative estimate of drug-likeness (QED) is 0.614. The summed E-state index contributed by atoms with van der Waals surface area (Å²) in [5.41, 5.74) is 4.86. The first-order valence-corrected chi connectivity index (χ1v) is 2.25. The standard InChI is InChI=1S/C4H8FNO2.ClH/c5-3(1-2-6)4(7)8;/h3H,1-2,6H2,(H,7,8);1H/t3-;/m1./s1. The van der Waals surface area contributed by atoms with Gasteiger partial charge in [0.05, 0.1) is 0 Å². The summed E-state index contributed by atoms with van der Waals surface area (Å²) in [5.74, 6) is -1.43. The zero-order chi connectivity index (χ0) is 6.57. The van der Waals surface area contributed by atoms with Crippen LogP contribution in [0.4, 0.5) is 4.39 Å². The maximum Gasteiger partial charge on any atom is 0.338 e. The van der Waals surface area contributed by atoms with Crippen molar-refractivity contribution in [1.29, 1.82) is 0 Å². The molecule has 0 fully saturated rings. The van der Waals surface area contributed by atoms with Crippen LogP contribution >= 0.6 is 12.4 Å². The molecule has 0 heterocycles. The maximum atomic E-state index is 11.8. The van der Waals surface area contributed by atoms with Crippen LogP contribution in [0.25, 0.3) is 0 Å². The van der Waals surface area contributed by atoms with E-state index >= 15 is 0 Å². The van der Waals surface area contributed by atoms with Crippen molar-refractivity contribution in [3.8, 4) is 0 Å². The van der Waals surface area contributed by atoms with Gasteiger partial charge in [0, 0.05) is 6.42 Å². The highest BCUT2D eigenvalue weighted by atomic mass is 35.5. The van der Waals surface area contributed by atoms with Gasteiger partial charge in [0.15, 0.2) is 6.17 Å². The van der Waals surface area contributed by atoms with Gasteiger partial charge in [-0.2, -0.15) is 0 Å². The number of hydrogen-bond acceptors (Lipinski definition) is 2. The summed E-state index contributed by atoms with van der Waals surface area (Å²) < 4.78 is 11.8. The second-order valence-corrected chi connectivity index (χ2v) is 1.38. The summed E-state index contributed by atoms with van der Waals surface area (Å²) in [6.07, 6.45) is -1.89. The average molecular weight is 158 g/mol. The molecule has 3 nitrogen and oxygen atoms in total. The van der Waals surface area contributed by atoms with Crippen LogP contribution in [0.1, 0.15) is 6.42 Å². The van der Waals surface area contributed by atoms with Gasteiger partial charge < -0.3 is 10.8 Å². The highest BCUT2D eigenvalue weighted by Crippen LogP contribution is 1.93. The molecule has 1 atom stereocenters. The molecule has 0 bridgehead atoms. The van der Waals surface area contributed by atoms with Crippen LogP contribution in [0.3, 0.4) is 0 Å². The molecule has 0 spiro atoms. The molecule has 0 aromatic rings. The Bertz CT molecular complexity index is 90.6. The van der Waals surface area contributed by atoms with Gasteiger partial charge in [-0.3, -0.25) is 0 Å². The number of hydrogen-bond donors (Lipinski definition) is 2. The third-order valence-corrected chi connectivity index (χ3v) is 0.688. The molecule has 9 heavy (non-hydrogen) atoms. The molecule has 0 amide bonds. The molecule has 0 aliphatic carbocycles. The Balaban J connectivity index is 0. The van der Waals surface area contributed by atoms with Crippen molar-refractivity contribution >= 4 is 18.4 Å². The van der Waals surface area contributed by atoms with Crippen LogP contribution in [-0.2, 0) is 4.79 Å². The summed E-state index contributed by atoms with van der Waals surface area (Å²) in [6.45, 7) is 0.0769. The van der Waals surface area contributed by atoms with E-state index in [2.05, 4.69) is 0 Å². The fourth-order valence-electron chi connectivity index (χ4n) is 0.270. The first-order chi connectivity index (χ1) is 3.68. The maximum absolute atomic E-state index is 11.8. The van der Waals surface area contributed by atoms with Gasteiger partial charge in [0.1, 0.15) is 0 Å². The molecule has 0 radical (unpaired) electrons. The first kappa shape index (κ1) is 11.4. The van der Waals surface area contributed by atoms with E-state index in [1.54, 1.807) is 0 Å². The number of rotatable bonds is 3. The third kappa shape index (κ3) is 5.52. The molecule has 0 unspecified atom stereocenters. The van der Waals surface area contributed by atoms with Crippen molar-refractivity contribution in [1.82, 2.24) is 0 Å². The lowest BCUT2D eigenvalue weighted by Crippen LogP contribution is -2.18. The molecule has 0 aliphatic rings. The minimum absolute atomic E-state index is 0. The van der Waals surface area contributed by atoms with Gasteiger partial charge in [-0.15, -0.1) is 12.4 Å². The van der Waals surface area contributed by atoms with E-state index in [-0.39, 0.29) is 25.4 Å². The molecule has 0 aromatic heterocycles. The number of alkyl halides is 1. The predicted octanol–water partition coefficient (Wildman–Crippen LogP) is 0.180. The number of aliphatic carboxylic acids is 1. The van der Waals surface area contributed by atoms with Crippen molar-refractivity contribution in [3.63, 3.8) is 0 Å². The van der Waals surface area contributed by atoms with Crippen LogP contribution in [0, 0.1) is 0 Å². The van der Waals surface area contributed by atoms with Crippen molar-refractivity contribution in [2.24, 2.45) is 5.73 Å². The van der Waals surface area contributed by atoms with E-state index in [1.807, 2.05) is 0 Å². The van der Waals surface area contributed by atoms with E-state index in [1.165, 1.54) is 0 Å². The SMILES string of the molecule is Cl.NCC[C@@H](F)C(=O)O. The van der Waals surface area contributed by atoms with Gasteiger partial charge >= 0.3 is 5.97 Å². The van der Waals surface area contributed by atoms with E-state index in [4.69, 9.17) is 10.8 Å². The van der Waals surface area contributed by atoms with E-state index in [0.717, 1.165) is 0 Å². The fraction of sp³-hybridized carbons (Fsp3) is 0.750. The fourth-order valence-corrected chi connectivity index (χ4v) is 0.270. The molecular formula is C4H9ClFNO2. The second-order valence-electron chi connectivity index (χ2n) is 1.38. The van der Waals surface area contributed by atoms with Crippen LogP contribution in [-0.4, -0.2) is 23.8 Å². The van der Waals surface area contributed by atoms with Crippen LogP contribution in [0.5, 0.6) is 0 Å². The minimum Gasteiger partial charge on any atom is -0.479 e. The highest BCUT2D eigenvalue weighted by molar-refractivity contribution is 5.85. The number of halogens is 2. The molecule has 0 rings (SSSR count). The minimum atomic E-state index is -1.79. The molecule has 0 aromatic carbocycles. The van der Waals surface area contributed by atoms with Gasteiger partial charge in [-0.05, 0) is 6.54 Å². The number of carboxylic acid groups (broad SMARTS) is 1. The summed E-state index contributed by atoms with van der Waals surface area (Å²) in [6, 6.07) is 0. The Kier molecular flexibility index (Phi) is 7.35.